The molecule has 0 saturated heterocycles. The van der Waals surface area contributed by atoms with E-state index in [1.807, 2.05) is 13.8 Å². The molecular formula is C10H19NO4. The van der Waals surface area contributed by atoms with E-state index in [0.29, 0.717) is 13.0 Å². The zero-order valence-electron chi connectivity index (χ0n) is 9.45. The molecule has 0 aliphatic carbocycles. The predicted octanol–water partition coefficient (Wildman–Crippen LogP) is 0.638. The zero-order valence-corrected chi connectivity index (χ0v) is 9.45. The Morgan fingerprint density at radius 3 is 2.40 bits per heavy atom. The van der Waals surface area contributed by atoms with Crippen molar-refractivity contribution in [2.45, 2.75) is 33.3 Å². The van der Waals surface area contributed by atoms with Crippen LogP contribution in [-0.2, 0) is 14.3 Å². The van der Waals surface area contributed by atoms with Crippen molar-refractivity contribution in [2.75, 3.05) is 13.2 Å². The van der Waals surface area contributed by atoms with Crippen LogP contribution in [0.4, 0.5) is 0 Å². The molecule has 0 aliphatic rings. The van der Waals surface area contributed by atoms with Crippen molar-refractivity contribution >= 4 is 11.9 Å². The molecule has 88 valence electrons. The minimum Gasteiger partial charge on any atom is -0.481 e. The number of carbonyl (C=O) groups excluding carboxylic acids is 1. The predicted molar refractivity (Wildman–Crippen MR) is 55.5 cm³/mol. The van der Waals surface area contributed by atoms with E-state index < -0.39 is 11.9 Å². The number of carbonyl (C=O) groups is 2. The second-order valence-electron chi connectivity index (χ2n) is 3.74. The van der Waals surface area contributed by atoms with Crippen LogP contribution in [0.25, 0.3) is 0 Å². The maximum absolute atomic E-state index is 11.1. The summed E-state index contributed by atoms with van der Waals surface area (Å²) in [6.45, 7) is 5.70. The highest BCUT2D eigenvalue weighted by atomic mass is 16.5. The summed E-state index contributed by atoms with van der Waals surface area (Å²) in [5, 5.41) is 11.2. The number of amides is 1. The smallest absolute Gasteiger partial charge is 0.306 e. The molecule has 1 atom stereocenters. The first-order valence-corrected chi connectivity index (χ1v) is 5.04. The number of aliphatic carboxylic acids is 1. The lowest BCUT2D eigenvalue weighted by Crippen LogP contribution is -2.31. The Morgan fingerprint density at radius 2 is 1.93 bits per heavy atom. The number of nitrogens with one attached hydrogen (secondary N) is 1. The van der Waals surface area contributed by atoms with Crippen LogP contribution in [0.3, 0.4) is 0 Å². The Bertz CT molecular complexity index is 215. The minimum atomic E-state index is -0.845. The van der Waals surface area contributed by atoms with Gasteiger partial charge < -0.3 is 15.2 Å². The van der Waals surface area contributed by atoms with Gasteiger partial charge in [0.2, 0.25) is 5.91 Å². The summed E-state index contributed by atoms with van der Waals surface area (Å²) in [5.74, 6) is -1.49. The topological polar surface area (TPSA) is 75.6 Å². The van der Waals surface area contributed by atoms with E-state index in [1.54, 1.807) is 6.92 Å². The molecular weight excluding hydrogens is 198 g/mol. The molecule has 0 aromatic carbocycles. The van der Waals surface area contributed by atoms with Crippen molar-refractivity contribution in [1.29, 1.82) is 0 Å². The first-order valence-electron chi connectivity index (χ1n) is 5.04. The molecule has 0 bridgehead atoms. The van der Waals surface area contributed by atoms with Crippen LogP contribution in [0, 0.1) is 5.92 Å². The number of hydrogen-bond acceptors (Lipinski definition) is 3. The van der Waals surface area contributed by atoms with E-state index in [-0.39, 0.29) is 18.6 Å². The highest BCUT2D eigenvalue weighted by molar-refractivity contribution is 5.77. The summed E-state index contributed by atoms with van der Waals surface area (Å²) in [6, 6.07) is 0. The first-order chi connectivity index (χ1) is 6.93. The van der Waals surface area contributed by atoms with Gasteiger partial charge in [0.15, 0.2) is 0 Å². The summed E-state index contributed by atoms with van der Waals surface area (Å²) < 4.78 is 5.08. The quantitative estimate of drug-likeness (QED) is 0.656. The lowest BCUT2D eigenvalue weighted by molar-refractivity contribution is -0.141. The second-order valence-corrected chi connectivity index (χ2v) is 3.74. The fourth-order valence-corrected chi connectivity index (χ4v) is 0.845. The Labute approximate surface area is 89.8 Å². The van der Waals surface area contributed by atoms with Gasteiger partial charge in [-0.25, -0.2) is 0 Å². The molecule has 0 aromatic heterocycles. The van der Waals surface area contributed by atoms with Gasteiger partial charge >= 0.3 is 5.97 Å². The van der Waals surface area contributed by atoms with Crippen LogP contribution in [0.15, 0.2) is 0 Å². The minimum absolute atomic E-state index is 0.0219. The standard InChI is InChI=1S/C10H19NO4/c1-7(2)15-6-9(12)11-5-4-8(3)10(13)14/h7-8H,4-6H2,1-3H3,(H,11,12)(H,13,14). The summed E-state index contributed by atoms with van der Waals surface area (Å²) >= 11 is 0. The van der Waals surface area contributed by atoms with Gasteiger partial charge in [-0.05, 0) is 20.3 Å². The number of carboxylic acid groups (broad SMARTS) is 1. The highest BCUT2D eigenvalue weighted by Crippen LogP contribution is 1.99. The number of hydrogen-bond donors (Lipinski definition) is 2. The third kappa shape index (κ3) is 7.93. The number of carboxylic acids is 1. The zero-order chi connectivity index (χ0) is 11.8. The van der Waals surface area contributed by atoms with Crippen LogP contribution in [0.2, 0.25) is 0 Å². The van der Waals surface area contributed by atoms with Crippen molar-refractivity contribution in [3.8, 4) is 0 Å². The third-order valence-corrected chi connectivity index (χ3v) is 1.87. The summed E-state index contributed by atoms with van der Waals surface area (Å²) in [4.78, 5) is 21.6. The van der Waals surface area contributed by atoms with Gasteiger partial charge in [0, 0.05) is 6.54 Å². The lowest BCUT2D eigenvalue weighted by atomic mass is 10.1. The van der Waals surface area contributed by atoms with Gasteiger partial charge in [0.05, 0.1) is 12.0 Å². The van der Waals surface area contributed by atoms with E-state index in [4.69, 9.17) is 9.84 Å². The molecule has 15 heavy (non-hydrogen) atoms. The Kier molecular flexibility index (Phi) is 6.70. The molecule has 0 radical (unpaired) electrons. The molecule has 0 spiro atoms. The van der Waals surface area contributed by atoms with E-state index in [1.165, 1.54) is 0 Å². The fourth-order valence-electron chi connectivity index (χ4n) is 0.845. The van der Waals surface area contributed by atoms with E-state index in [9.17, 15) is 9.59 Å². The molecule has 0 heterocycles. The van der Waals surface area contributed by atoms with Crippen molar-refractivity contribution in [3.05, 3.63) is 0 Å². The van der Waals surface area contributed by atoms with E-state index in [2.05, 4.69) is 5.32 Å². The Morgan fingerprint density at radius 1 is 1.33 bits per heavy atom. The van der Waals surface area contributed by atoms with Crippen LogP contribution in [-0.4, -0.2) is 36.2 Å². The first kappa shape index (κ1) is 13.9. The Balaban J connectivity index is 3.51. The van der Waals surface area contributed by atoms with Crippen LogP contribution in [0.5, 0.6) is 0 Å². The van der Waals surface area contributed by atoms with Gasteiger partial charge in [-0.3, -0.25) is 9.59 Å². The SMILES string of the molecule is CC(C)OCC(=O)NCCC(C)C(=O)O. The van der Waals surface area contributed by atoms with Gasteiger partial charge in [0.1, 0.15) is 6.61 Å². The van der Waals surface area contributed by atoms with Crippen LogP contribution in [0.1, 0.15) is 27.2 Å². The fraction of sp³-hybridized carbons (Fsp3) is 0.800. The van der Waals surface area contributed by atoms with Gasteiger partial charge in [-0.1, -0.05) is 6.92 Å². The molecule has 0 aliphatic heterocycles. The number of ether oxygens (including phenoxy) is 1. The van der Waals surface area contributed by atoms with Crippen LogP contribution >= 0.6 is 0 Å². The second kappa shape index (κ2) is 7.23. The van der Waals surface area contributed by atoms with Gasteiger partial charge in [0.25, 0.3) is 0 Å². The maximum atomic E-state index is 11.1. The highest BCUT2D eigenvalue weighted by Gasteiger charge is 2.10. The third-order valence-electron chi connectivity index (χ3n) is 1.87. The van der Waals surface area contributed by atoms with Gasteiger partial charge in [-0.15, -0.1) is 0 Å². The van der Waals surface area contributed by atoms with Crippen molar-refractivity contribution in [2.24, 2.45) is 5.92 Å². The summed E-state index contributed by atoms with van der Waals surface area (Å²) in [6.07, 6.45) is 0.455. The normalized spacial score (nSPS) is 12.5. The molecule has 5 heteroatoms. The average molecular weight is 217 g/mol. The molecule has 0 aromatic rings. The molecule has 5 nitrogen and oxygen atoms in total. The van der Waals surface area contributed by atoms with Crippen molar-refractivity contribution < 1.29 is 19.4 Å². The van der Waals surface area contributed by atoms with E-state index >= 15 is 0 Å². The molecule has 0 rings (SSSR count). The summed E-state index contributed by atoms with van der Waals surface area (Å²) in [5.41, 5.74) is 0. The largest absolute Gasteiger partial charge is 0.481 e. The molecule has 0 fully saturated rings. The molecule has 1 amide bonds. The molecule has 0 saturated carbocycles. The molecule has 1 unspecified atom stereocenters. The Hall–Kier alpha value is -1.10. The maximum Gasteiger partial charge on any atom is 0.306 e. The average Bonchev–Trinajstić information content (AvgIpc) is 2.14. The summed E-state index contributed by atoms with van der Waals surface area (Å²) in [7, 11) is 0. The lowest BCUT2D eigenvalue weighted by Gasteiger charge is -2.09. The van der Waals surface area contributed by atoms with Crippen LogP contribution < -0.4 is 5.32 Å². The molecule has 2 N–H and O–H groups in total. The van der Waals surface area contributed by atoms with Crippen molar-refractivity contribution in [1.82, 2.24) is 5.32 Å². The monoisotopic (exact) mass is 217 g/mol. The van der Waals surface area contributed by atoms with E-state index in [0.717, 1.165) is 0 Å². The van der Waals surface area contributed by atoms with Crippen molar-refractivity contribution in [3.63, 3.8) is 0 Å². The van der Waals surface area contributed by atoms with Gasteiger partial charge in [-0.2, -0.15) is 0 Å². The number of rotatable bonds is 7.